The SMILES string of the molecule is O=C(O)CC1(CSCc2nnc(-c3cccs3)o2)CC1. The Morgan fingerprint density at radius 1 is 1.50 bits per heavy atom. The van der Waals surface area contributed by atoms with Crippen molar-refractivity contribution in [2.75, 3.05) is 5.75 Å². The number of hydrogen-bond acceptors (Lipinski definition) is 6. The first-order valence-corrected chi connectivity index (χ1v) is 8.36. The zero-order valence-electron chi connectivity index (χ0n) is 10.7. The van der Waals surface area contributed by atoms with Gasteiger partial charge < -0.3 is 9.52 Å². The summed E-state index contributed by atoms with van der Waals surface area (Å²) in [6.45, 7) is 0. The minimum Gasteiger partial charge on any atom is -0.481 e. The van der Waals surface area contributed by atoms with E-state index in [4.69, 9.17) is 9.52 Å². The van der Waals surface area contributed by atoms with E-state index in [2.05, 4.69) is 10.2 Å². The molecular weight excluding hydrogens is 296 g/mol. The van der Waals surface area contributed by atoms with Crippen molar-refractivity contribution in [2.45, 2.75) is 25.0 Å². The predicted octanol–water partition coefficient (Wildman–Crippen LogP) is 3.29. The molecule has 1 fully saturated rings. The summed E-state index contributed by atoms with van der Waals surface area (Å²) in [6, 6.07) is 3.89. The summed E-state index contributed by atoms with van der Waals surface area (Å²) in [6.07, 6.45) is 2.29. The first-order chi connectivity index (χ1) is 9.67. The molecule has 0 amide bonds. The van der Waals surface area contributed by atoms with Gasteiger partial charge in [-0.2, -0.15) is 11.8 Å². The fraction of sp³-hybridized carbons (Fsp3) is 0.462. The Kier molecular flexibility index (Phi) is 3.80. The lowest BCUT2D eigenvalue weighted by molar-refractivity contribution is -0.138. The molecule has 2 aromatic heterocycles. The Hall–Kier alpha value is -1.34. The van der Waals surface area contributed by atoms with Crippen LogP contribution in [-0.4, -0.2) is 27.0 Å². The van der Waals surface area contributed by atoms with E-state index in [0.717, 1.165) is 23.5 Å². The molecule has 0 aromatic carbocycles. The van der Waals surface area contributed by atoms with Crippen molar-refractivity contribution in [2.24, 2.45) is 5.41 Å². The van der Waals surface area contributed by atoms with Crippen LogP contribution < -0.4 is 0 Å². The largest absolute Gasteiger partial charge is 0.481 e. The minimum atomic E-state index is -0.708. The molecule has 3 rings (SSSR count). The Labute approximate surface area is 124 Å². The number of aliphatic carboxylic acids is 1. The van der Waals surface area contributed by atoms with E-state index < -0.39 is 5.97 Å². The number of nitrogens with zero attached hydrogens (tertiary/aromatic N) is 2. The van der Waals surface area contributed by atoms with Gasteiger partial charge in [-0.15, -0.1) is 21.5 Å². The maximum absolute atomic E-state index is 10.8. The highest BCUT2D eigenvalue weighted by Crippen LogP contribution is 2.51. The van der Waals surface area contributed by atoms with Crippen LogP contribution in [0.25, 0.3) is 10.8 Å². The monoisotopic (exact) mass is 310 g/mol. The van der Waals surface area contributed by atoms with Gasteiger partial charge in [-0.05, 0) is 35.5 Å². The zero-order valence-corrected chi connectivity index (χ0v) is 12.4. The van der Waals surface area contributed by atoms with Crippen LogP contribution in [0.5, 0.6) is 0 Å². The fourth-order valence-electron chi connectivity index (χ4n) is 2.04. The van der Waals surface area contributed by atoms with E-state index in [1.807, 2.05) is 17.5 Å². The predicted molar refractivity (Wildman–Crippen MR) is 77.7 cm³/mol. The van der Waals surface area contributed by atoms with Crippen molar-refractivity contribution >= 4 is 29.1 Å². The maximum atomic E-state index is 10.8. The lowest BCUT2D eigenvalue weighted by atomic mass is 10.1. The first kappa shape index (κ1) is 13.6. The molecule has 0 saturated heterocycles. The van der Waals surface area contributed by atoms with Crippen LogP contribution in [0.3, 0.4) is 0 Å². The van der Waals surface area contributed by atoms with Crippen molar-refractivity contribution in [1.82, 2.24) is 10.2 Å². The molecule has 2 heterocycles. The van der Waals surface area contributed by atoms with Gasteiger partial charge in [-0.3, -0.25) is 4.79 Å². The molecule has 7 heteroatoms. The summed E-state index contributed by atoms with van der Waals surface area (Å²) < 4.78 is 5.60. The molecule has 0 unspecified atom stereocenters. The van der Waals surface area contributed by atoms with E-state index in [0.29, 0.717) is 17.5 Å². The summed E-state index contributed by atoms with van der Waals surface area (Å²) in [5, 5.41) is 18.9. The number of carboxylic acid groups (broad SMARTS) is 1. The van der Waals surface area contributed by atoms with E-state index in [9.17, 15) is 4.79 Å². The third kappa shape index (κ3) is 3.21. The molecule has 0 aliphatic heterocycles. The van der Waals surface area contributed by atoms with E-state index in [1.54, 1.807) is 23.1 Å². The van der Waals surface area contributed by atoms with E-state index >= 15 is 0 Å². The fourth-order valence-corrected chi connectivity index (χ4v) is 3.90. The van der Waals surface area contributed by atoms with Crippen LogP contribution in [0, 0.1) is 5.41 Å². The summed E-state index contributed by atoms with van der Waals surface area (Å²) in [4.78, 5) is 11.7. The number of thioether (sulfide) groups is 1. The maximum Gasteiger partial charge on any atom is 0.303 e. The van der Waals surface area contributed by atoms with Crippen LogP contribution in [0.15, 0.2) is 21.9 Å². The summed E-state index contributed by atoms with van der Waals surface area (Å²) in [5.41, 5.74) is 0.00705. The van der Waals surface area contributed by atoms with Gasteiger partial charge in [0.25, 0.3) is 5.89 Å². The molecule has 1 N–H and O–H groups in total. The molecule has 1 saturated carbocycles. The van der Waals surface area contributed by atoms with Crippen LogP contribution in [-0.2, 0) is 10.5 Å². The summed E-state index contributed by atoms with van der Waals surface area (Å²) >= 11 is 3.24. The van der Waals surface area contributed by atoms with Crippen molar-refractivity contribution in [3.05, 3.63) is 23.4 Å². The summed E-state index contributed by atoms with van der Waals surface area (Å²) in [7, 11) is 0. The summed E-state index contributed by atoms with van der Waals surface area (Å²) in [5.74, 6) is 1.93. The van der Waals surface area contributed by atoms with Crippen LogP contribution in [0.1, 0.15) is 25.2 Å². The quantitative estimate of drug-likeness (QED) is 0.845. The molecule has 2 aromatic rings. The average Bonchev–Trinajstić information content (AvgIpc) is 2.86. The van der Waals surface area contributed by atoms with Crippen molar-refractivity contribution < 1.29 is 14.3 Å². The standard InChI is InChI=1S/C13H14N2O3S2/c16-11(17)6-13(3-4-13)8-19-7-10-14-15-12(18-10)9-2-1-5-20-9/h1-2,5H,3-4,6-8H2,(H,16,17). The highest BCUT2D eigenvalue weighted by atomic mass is 32.2. The highest BCUT2D eigenvalue weighted by Gasteiger charge is 2.44. The lowest BCUT2D eigenvalue weighted by Gasteiger charge is -2.10. The Morgan fingerprint density at radius 3 is 3.00 bits per heavy atom. The van der Waals surface area contributed by atoms with Gasteiger partial charge in [-0.1, -0.05) is 6.07 Å². The van der Waals surface area contributed by atoms with E-state index in [1.165, 1.54) is 0 Å². The molecule has 1 aliphatic rings. The molecule has 106 valence electrons. The first-order valence-electron chi connectivity index (χ1n) is 6.33. The van der Waals surface area contributed by atoms with Crippen LogP contribution in [0.2, 0.25) is 0 Å². The van der Waals surface area contributed by atoms with E-state index in [-0.39, 0.29) is 11.8 Å². The Bertz CT molecular complexity index is 591. The normalized spacial score (nSPS) is 16.2. The minimum absolute atomic E-state index is 0.00705. The van der Waals surface area contributed by atoms with Crippen molar-refractivity contribution in [3.63, 3.8) is 0 Å². The van der Waals surface area contributed by atoms with Gasteiger partial charge in [0.15, 0.2) is 0 Å². The third-order valence-corrected chi connectivity index (χ3v) is 5.44. The lowest BCUT2D eigenvalue weighted by Crippen LogP contribution is -2.11. The zero-order chi connectivity index (χ0) is 14.0. The molecule has 0 bridgehead atoms. The van der Waals surface area contributed by atoms with Gasteiger partial charge >= 0.3 is 5.97 Å². The van der Waals surface area contributed by atoms with Gasteiger partial charge in [0.1, 0.15) is 0 Å². The number of thiophene rings is 1. The number of carbonyl (C=O) groups is 1. The molecule has 0 spiro atoms. The number of rotatable bonds is 7. The van der Waals surface area contributed by atoms with Gasteiger partial charge in [0, 0.05) is 0 Å². The molecule has 1 aliphatic carbocycles. The van der Waals surface area contributed by atoms with Gasteiger partial charge in [-0.25, -0.2) is 0 Å². The number of aromatic nitrogens is 2. The second-order valence-electron chi connectivity index (χ2n) is 5.04. The molecule has 0 radical (unpaired) electrons. The molecular formula is C13H14N2O3S2. The Balaban J connectivity index is 1.51. The van der Waals surface area contributed by atoms with Crippen molar-refractivity contribution in [1.29, 1.82) is 0 Å². The van der Waals surface area contributed by atoms with Crippen LogP contribution >= 0.6 is 23.1 Å². The number of hydrogen-bond donors (Lipinski definition) is 1. The van der Waals surface area contributed by atoms with Gasteiger partial charge in [0.2, 0.25) is 5.89 Å². The molecule has 0 atom stereocenters. The molecule has 5 nitrogen and oxygen atoms in total. The average molecular weight is 310 g/mol. The second kappa shape index (κ2) is 5.57. The molecule has 20 heavy (non-hydrogen) atoms. The highest BCUT2D eigenvalue weighted by molar-refractivity contribution is 7.98. The number of carboxylic acids is 1. The third-order valence-electron chi connectivity index (χ3n) is 3.32. The van der Waals surface area contributed by atoms with Gasteiger partial charge in [0.05, 0.1) is 17.1 Å². The van der Waals surface area contributed by atoms with Crippen LogP contribution in [0.4, 0.5) is 0 Å². The second-order valence-corrected chi connectivity index (χ2v) is 6.97. The topological polar surface area (TPSA) is 76.2 Å². The van der Waals surface area contributed by atoms with Crippen molar-refractivity contribution in [3.8, 4) is 10.8 Å². The Morgan fingerprint density at radius 2 is 2.35 bits per heavy atom. The smallest absolute Gasteiger partial charge is 0.303 e.